The first-order chi connectivity index (χ1) is 7.68. The van der Waals surface area contributed by atoms with Gasteiger partial charge in [-0.3, -0.25) is 0 Å². The smallest absolute Gasteiger partial charge is 0.186 e. The Balaban J connectivity index is 1.84. The molecule has 2 rings (SSSR count). The first kappa shape index (κ1) is 12.3. The zero-order chi connectivity index (χ0) is 11.5. The zero-order valence-corrected chi connectivity index (χ0v) is 9.29. The van der Waals surface area contributed by atoms with Crippen LogP contribution in [0.3, 0.4) is 0 Å². The normalized spacial score (nSPS) is 42.2. The second-order valence-corrected chi connectivity index (χ2v) is 4.65. The Labute approximate surface area is 95.0 Å². The molecule has 3 N–H and O–H groups in total. The summed E-state index contributed by atoms with van der Waals surface area (Å²) in [5.41, 5.74) is 0. The van der Waals surface area contributed by atoms with Gasteiger partial charge in [-0.25, -0.2) is 0 Å². The van der Waals surface area contributed by atoms with E-state index in [0.717, 1.165) is 25.7 Å². The highest BCUT2D eigenvalue weighted by Gasteiger charge is 2.39. The maximum absolute atomic E-state index is 9.68. The van der Waals surface area contributed by atoms with Crippen molar-refractivity contribution in [3.05, 3.63) is 0 Å². The summed E-state index contributed by atoms with van der Waals surface area (Å²) in [6, 6.07) is 0. The predicted octanol–water partition coefficient (Wildman–Crippen LogP) is -0.225. The maximum Gasteiger partial charge on any atom is 0.186 e. The standard InChI is InChI=1S/C11H20O5/c12-8-6-15-11(10(14)9(8)13)16-7-4-2-1-3-5-7/h7-14H,1-6H2/t8-,9+,10-,11-/m1/s1. The summed E-state index contributed by atoms with van der Waals surface area (Å²) in [7, 11) is 0. The Morgan fingerprint density at radius 3 is 2.31 bits per heavy atom. The summed E-state index contributed by atoms with van der Waals surface area (Å²) >= 11 is 0. The van der Waals surface area contributed by atoms with E-state index in [9.17, 15) is 15.3 Å². The van der Waals surface area contributed by atoms with E-state index < -0.39 is 24.6 Å². The Morgan fingerprint density at radius 2 is 1.62 bits per heavy atom. The Hall–Kier alpha value is -0.200. The van der Waals surface area contributed by atoms with Crippen molar-refractivity contribution >= 4 is 0 Å². The van der Waals surface area contributed by atoms with Crippen LogP contribution in [0.2, 0.25) is 0 Å². The number of aliphatic hydroxyl groups excluding tert-OH is 3. The number of aliphatic hydroxyl groups is 3. The summed E-state index contributed by atoms with van der Waals surface area (Å²) in [5.74, 6) is 0. The van der Waals surface area contributed by atoms with Gasteiger partial charge in [-0.1, -0.05) is 19.3 Å². The van der Waals surface area contributed by atoms with Crippen molar-refractivity contribution in [3.8, 4) is 0 Å². The highest BCUT2D eigenvalue weighted by Crippen LogP contribution is 2.25. The lowest BCUT2D eigenvalue weighted by molar-refractivity contribution is -0.284. The molecule has 0 amide bonds. The van der Waals surface area contributed by atoms with Gasteiger partial charge >= 0.3 is 0 Å². The molecule has 1 saturated carbocycles. The Kier molecular flexibility index (Phi) is 4.16. The first-order valence-corrected chi connectivity index (χ1v) is 6.00. The quantitative estimate of drug-likeness (QED) is 0.613. The van der Waals surface area contributed by atoms with Crippen LogP contribution in [0, 0.1) is 0 Å². The summed E-state index contributed by atoms with van der Waals surface area (Å²) in [5, 5.41) is 28.4. The molecular weight excluding hydrogens is 212 g/mol. The van der Waals surface area contributed by atoms with Crippen LogP contribution in [0.1, 0.15) is 32.1 Å². The second-order valence-electron chi connectivity index (χ2n) is 4.65. The highest BCUT2D eigenvalue weighted by molar-refractivity contribution is 4.83. The summed E-state index contributed by atoms with van der Waals surface area (Å²) in [6.45, 7) is 0.00954. The number of hydrogen-bond donors (Lipinski definition) is 3. The highest BCUT2D eigenvalue weighted by atomic mass is 16.7. The molecule has 94 valence electrons. The van der Waals surface area contributed by atoms with Crippen molar-refractivity contribution in [3.63, 3.8) is 0 Å². The molecule has 16 heavy (non-hydrogen) atoms. The van der Waals surface area contributed by atoms with E-state index >= 15 is 0 Å². The van der Waals surface area contributed by atoms with Gasteiger partial charge in [0.05, 0.1) is 12.7 Å². The third-order valence-electron chi connectivity index (χ3n) is 3.33. The molecule has 0 aromatic rings. The van der Waals surface area contributed by atoms with Crippen LogP contribution in [-0.2, 0) is 9.47 Å². The number of hydrogen-bond acceptors (Lipinski definition) is 5. The second kappa shape index (κ2) is 5.42. The van der Waals surface area contributed by atoms with E-state index in [1.165, 1.54) is 6.42 Å². The Morgan fingerprint density at radius 1 is 0.938 bits per heavy atom. The molecule has 0 unspecified atom stereocenters. The van der Waals surface area contributed by atoms with Gasteiger partial charge in [0.15, 0.2) is 6.29 Å². The summed E-state index contributed by atoms with van der Waals surface area (Å²) in [4.78, 5) is 0. The lowest BCUT2D eigenvalue weighted by Crippen LogP contribution is -2.54. The van der Waals surface area contributed by atoms with Crippen LogP contribution in [0.15, 0.2) is 0 Å². The molecule has 1 saturated heterocycles. The summed E-state index contributed by atoms with van der Waals surface area (Å²) in [6.07, 6.45) is 1.40. The van der Waals surface area contributed by atoms with Crippen molar-refractivity contribution in [1.82, 2.24) is 0 Å². The van der Waals surface area contributed by atoms with Gasteiger partial charge in [0.2, 0.25) is 0 Å². The number of rotatable bonds is 2. The topological polar surface area (TPSA) is 79.2 Å². The van der Waals surface area contributed by atoms with Crippen molar-refractivity contribution in [2.45, 2.75) is 62.8 Å². The van der Waals surface area contributed by atoms with Crippen LogP contribution < -0.4 is 0 Å². The van der Waals surface area contributed by atoms with Gasteiger partial charge in [0, 0.05) is 0 Å². The largest absolute Gasteiger partial charge is 0.388 e. The lowest BCUT2D eigenvalue weighted by atomic mass is 9.97. The molecule has 1 aliphatic carbocycles. The fourth-order valence-corrected chi connectivity index (χ4v) is 2.29. The van der Waals surface area contributed by atoms with E-state index in [2.05, 4.69) is 0 Å². The molecule has 0 aromatic heterocycles. The van der Waals surface area contributed by atoms with Crippen LogP contribution in [0.25, 0.3) is 0 Å². The van der Waals surface area contributed by atoms with E-state index in [-0.39, 0.29) is 12.7 Å². The molecule has 5 heteroatoms. The molecule has 4 atom stereocenters. The van der Waals surface area contributed by atoms with Gasteiger partial charge < -0.3 is 24.8 Å². The molecule has 5 nitrogen and oxygen atoms in total. The van der Waals surface area contributed by atoms with E-state index in [1.807, 2.05) is 0 Å². The SMILES string of the molecule is O[C@@H]1[C@@H](O)[C@@H](OC2CCCCC2)OC[C@H]1O. The molecule has 1 heterocycles. The molecule has 0 radical (unpaired) electrons. The first-order valence-electron chi connectivity index (χ1n) is 6.00. The molecule has 0 aromatic carbocycles. The molecule has 0 bridgehead atoms. The third-order valence-corrected chi connectivity index (χ3v) is 3.33. The molecule has 2 fully saturated rings. The van der Waals surface area contributed by atoms with Crippen LogP contribution in [0.5, 0.6) is 0 Å². The van der Waals surface area contributed by atoms with E-state index in [4.69, 9.17) is 9.47 Å². The van der Waals surface area contributed by atoms with Gasteiger partial charge in [-0.2, -0.15) is 0 Å². The summed E-state index contributed by atoms with van der Waals surface area (Å²) < 4.78 is 10.8. The van der Waals surface area contributed by atoms with Crippen LogP contribution >= 0.6 is 0 Å². The third kappa shape index (κ3) is 2.73. The van der Waals surface area contributed by atoms with Crippen molar-refractivity contribution < 1.29 is 24.8 Å². The molecule has 0 spiro atoms. The fraction of sp³-hybridized carbons (Fsp3) is 1.00. The van der Waals surface area contributed by atoms with Crippen molar-refractivity contribution in [2.75, 3.05) is 6.61 Å². The molecule has 2 aliphatic rings. The monoisotopic (exact) mass is 232 g/mol. The van der Waals surface area contributed by atoms with Gasteiger partial charge in [0.1, 0.15) is 18.3 Å². The minimum absolute atomic E-state index is 0.00954. The zero-order valence-electron chi connectivity index (χ0n) is 9.29. The van der Waals surface area contributed by atoms with Crippen molar-refractivity contribution in [1.29, 1.82) is 0 Å². The van der Waals surface area contributed by atoms with E-state index in [1.54, 1.807) is 0 Å². The average molecular weight is 232 g/mol. The predicted molar refractivity (Wildman–Crippen MR) is 55.7 cm³/mol. The van der Waals surface area contributed by atoms with Gasteiger partial charge in [0.25, 0.3) is 0 Å². The average Bonchev–Trinajstić information content (AvgIpc) is 2.31. The van der Waals surface area contributed by atoms with Gasteiger partial charge in [-0.15, -0.1) is 0 Å². The van der Waals surface area contributed by atoms with E-state index in [0.29, 0.717) is 0 Å². The van der Waals surface area contributed by atoms with Crippen LogP contribution in [0.4, 0.5) is 0 Å². The van der Waals surface area contributed by atoms with Crippen LogP contribution in [-0.4, -0.2) is 52.6 Å². The molecule has 1 aliphatic heterocycles. The Bertz CT molecular complexity index is 216. The maximum atomic E-state index is 9.68. The lowest BCUT2D eigenvalue weighted by Gasteiger charge is -2.37. The van der Waals surface area contributed by atoms with Gasteiger partial charge in [-0.05, 0) is 12.8 Å². The fourth-order valence-electron chi connectivity index (χ4n) is 2.29. The van der Waals surface area contributed by atoms with Crippen molar-refractivity contribution in [2.24, 2.45) is 0 Å². The number of ether oxygens (including phenoxy) is 2. The molecular formula is C11H20O5. The minimum atomic E-state index is -1.18. The minimum Gasteiger partial charge on any atom is -0.388 e.